The number of carbonyl (C=O) groups excluding carboxylic acids is 5. The van der Waals surface area contributed by atoms with E-state index in [9.17, 15) is 24.0 Å². The van der Waals surface area contributed by atoms with E-state index in [2.05, 4.69) is 28.2 Å². The molecule has 0 rings (SSSR count). The molecule has 0 aromatic rings. The molecule has 0 spiro atoms. The molecule has 0 bridgehead atoms. The minimum absolute atomic E-state index is 0.127. The molecule has 250 valence electrons. The number of nitrogens with two attached hydrogens (primary N) is 3. The summed E-state index contributed by atoms with van der Waals surface area (Å²) in [5.41, 5.74) is 16.7. The second-order valence-electron chi connectivity index (χ2n) is 12.2. The first kappa shape index (κ1) is 40.3. The van der Waals surface area contributed by atoms with Crippen LogP contribution < -0.4 is 38.5 Å². The molecular formula is C31H61N7O5. The number of unbranched alkanes of at least 4 members (excludes halogenated alkanes) is 6. The highest BCUT2D eigenvalue weighted by Crippen LogP contribution is 2.11. The molecule has 0 fully saturated rings. The molecular weight excluding hydrogens is 550 g/mol. The van der Waals surface area contributed by atoms with Crippen LogP contribution in [0.15, 0.2) is 0 Å². The lowest BCUT2D eigenvalue weighted by atomic mass is 9.99. The zero-order valence-electron chi connectivity index (χ0n) is 27.3. The smallest absolute Gasteiger partial charge is 0.243 e. The lowest BCUT2D eigenvalue weighted by Crippen LogP contribution is -2.59. The predicted molar refractivity (Wildman–Crippen MR) is 170 cm³/mol. The van der Waals surface area contributed by atoms with Crippen LogP contribution in [0.2, 0.25) is 0 Å². The number of carbonyl (C=O) groups is 5. The second-order valence-corrected chi connectivity index (χ2v) is 12.2. The lowest BCUT2D eigenvalue weighted by molar-refractivity contribution is -0.135. The third-order valence-corrected chi connectivity index (χ3v) is 7.30. The molecule has 43 heavy (non-hydrogen) atoms. The number of nitrogens with one attached hydrogen (secondary N) is 4. The molecule has 0 saturated heterocycles. The molecule has 0 aliphatic carbocycles. The van der Waals surface area contributed by atoms with Crippen LogP contribution in [0.5, 0.6) is 0 Å². The van der Waals surface area contributed by atoms with Crippen molar-refractivity contribution in [2.75, 3.05) is 13.1 Å². The van der Waals surface area contributed by atoms with Crippen molar-refractivity contribution in [2.45, 2.75) is 142 Å². The van der Waals surface area contributed by atoms with E-state index in [0.717, 1.165) is 32.1 Å². The van der Waals surface area contributed by atoms with Gasteiger partial charge in [0.25, 0.3) is 0 Å². The van der Waals surface area contributed by atoms with Crippen molar-refractivity contribution in [3.05, 3.63) is 0 Å². The summed E-state index contributed by atoms with van der Waals surface area (Å²) in [7, 11) is 0. The van der Waals surface area contributed by atoms with Gasteiger partial charge in [0.2, 0.25) is 29.5 Å². The van der Waals surface area contributed by atoms with E-state index < -0.39 is 47.8 Å². The molecule has 0 unspecified atom stereocenters. The largest absolute Gasteiger partial charge is 0.368 e. The maximum atomic E-state index is 13.5. The lowest BCUT2D eigenvalue weighted by Gasteiger charge is -2.28. The fourth-order valence-electron chi connectivity index (χ4n) is 4.72. The van der Waals surface area contributed by atoms with Gasteiger partial charge in [-0.05, 0) is 76.3 Å². The summed E-state index contributed by atoms with van der Waals surface area (Å²) in [6, 6.07) is -3.58. The molecule has 0 aromatic heterocycles. The van der Waals surface area contributed by atoms with Gasteiger partial charge in [0.05, 0.1) is 0 Å². The first-order valence-corrected chi connectivity index (χ1v) is 16.3. The van der Waals surface area contributed by atoms with Crippen LogP contribution in [-0.2, 0) is 24.0 Å². The molecule has 12 heteroatoms. The van der Waals surface area contributed by atoms with Crippen molar-refractivity contribution < 1.29 is 24.0 Å². The van der Waals surface area contributed by atoms with Gasteiger partial charge < -0.3 is 38.5 Å². The minimum Gasteiger partial charge on any atom is -0.368 e. The fraction of sp³-hybridized carbons (Fsp3) is 0.839. The Hall–Kier alpha value is -2.73. The number of primary amides is 1. The summed E-state index contributed by atoms with van der Waals surface area (Å²) in [5, 5.41) is 11.1. The Balaban J connectivity index is 5.61. The third kappa shape index (κ3) is 18.5. The molecule has 4 atom stereocenters. The van der Waals surface area contributed by atoms with E-state index in [4.69, 9.17) is 17.2 Å². The van der Waals surface area contributed by atoms with E-state index in [1.807, 2.05) is 13.8 Å². The zero-order valence-corrected chi connectivity index (χ0v) is 27.3. The van der Waals surface area contributed by atoms with Crippen LogP contribution >= 0.6 is 0 Å². The summed E-state index contributed by atoms with van der Waals surface area (Å²) in [4.78, 5) is 64.6. The molecule has 0 radical (unpaired) electrons. The zero-order chi connectivity index (χ0) is 32.8. The van der Waals surface area contributed by atoms with Crippen molar-refractivity contribution in [3.63, 3.8) is 0 Å². The Morgan fingerprint density at radius 3 is 1.65 bits per heavy atom. The van der Waals surface area contributed by atoms with Gasteiger partial charge in [-0.15, -0.1) is 0 Å². The van der Waals surface area contributed by atoms with Crippen LogP contribution in [0, 0.1) is 11.8 Å². The quantitative estimate of drug-likeness (QED) is 0.0759. The summed E-state index contributed by atoms with van der Waals surface area (Å²) in [6.07, 6.45) is 9.00. The highest BCUT2D eigenvalue weighted by Gasteiger charge is 2.32. The fourth-order valence-corrected chi connectivity index (χ4v) is 4.72. The summed E-state index contributed by atoms with van der Waals surface area (Å²) in [5.74, 6) is -2.53. The average molecular weight is 612 g/mol. The molecule has 10 N–H and O–H groups in total. The van der Waals surface area contributed by atoms with E-state index in [0.29, 0.717) is 64.5 Å². The van der Waals surface area contributed by atoms with Gasteiger partial charge in [-0.3, -0.25) is 24.0 Å². The predicted octanol–water partition coefficient (Wildman–Crippen LogP) is 1.73. The Morgan fingerprint density at radius 2 is 1.14 bits per heavy atom. The Morgan fingerprint density at radius 1 is 0.605 bits per heavy atom. The molecule has 0 saturated carbocycles. The van der Waals surface area contributed by atoms with Crippen LogP contribution in [-0.4, -0.2) is 66.8 Å². The van der Waals surface area contributed by atoms with E-state index in [-0.39, 0.29) is 17.7 Å². The van der Waals surface area contributed by atoms with Gasteiger partial charge in [-0.1, -0.05) is 60.3 Å². The van der Waals surface area contributed by atoms with Gasteiger partial charge in [0, 0.05) is 6.42 Å². The van der Waals surface area contributed by atoms with Crippen molar-refractivity contribution >= 4 is 29.5 Å². The van der Waals surface area contributed by atoms with Crippen LogP contribution in [0.4, 0.5) is 0 Å². The van der Waals surface area contributed by atoms with Crippen molar-refractivity contribution in [1.29, 1.82) is 0 Å². The van der Waals surface area contributed by atoms with Gasteiger partial charge in [-0.2, -0.15) is 0 Å². The molecule has 12 nitrogen and oxygen atoms in total. The van der Waals surface area contributed by atoms with E-state index >= 15 is 0 Å². The number of hydrogen-bond acceptors (Lipinski definition) is 7. The van der Waals surface area contributed by atoms with Gasteiger partial charge in [0.15, 0.2) is 0 Å². The van der Waals surface area contributed by atoms with Crippen LogP contribution in [0.25, 0.3) is 0 Å². The normalized spacial score (nSPS) is 14.1. The van der Waals surface area contributed by atoms with Crippen molar-refractivity contribution in [3.8, 4) is 0 Å². The topological polar surface area (TPSA) is 212 Å². The van der Waals surface area contributed by atoms with E-state index in [1.165, 1.54) is 0 Å². The summed E-state index contributed by atoms with van der Waals surface area (Å²) in [6.45, 7) is 10.5. The standard InChI is InChI=1S/C31H61N7O5/c1-6-7-8-9-10-17-26(39)35-25(20-21(2)3)30(42)37-24(16-12-14-19-33)29(41)38-27(22(4)5)31(43)36-23(28(34)40)15-11-13-18-32/h21-25,27H,6-20,32-33H2,1-5H3,(H2,34,40)(H,35,39)(H,36,43)(H,37,42)(H,38,41)/t23-,24-,25-,27-/m0/s1. The monoisotopic (exact) mass is 611 g/mol. The minimum atomic E-state index is -0.961. The highest BCUT2D eigenvalue weighted by molar-refractivity contribution is 5.95. The third-order valence-electron chi connectivity index (χ3n) is 7.30. The summed E-state index contributed by atoms with van der Waals surface area (Å²) >= 11 is 0. The van der Waals surface area contributed by atoms with Crippen molar-refractivity contribution in [2.24, 2.45) is 29.0 Å². The van der Waals surface area contributed by atoms with Crippen LogP contribution in [0.3, 0.4) is 0 Å². The van der Waals surface area contributed by atoms with Gasteiger partial charge in [0.1, 0.15) is 24.2 Å². The summed E-state index contributed by atoms with van der Waals surface area (Å²) < 4.78 is 0. The SMILES string of the molecule is CCCCCCCC(=O)N[C@@H](CC(C)C)C(=O)N[C@@H](CCCCN)C(=O)N[C@H](C(=O)N[C@@H](CCCCN)C(N)=O)C(C)C. The number of hydrogen-bond donors (Lipinski definition) is 7. The van der Waals surface area contributed by atoms with Crippen molar-refractivity contribution in [1.82, 2.24) is 21.3 Å². The molecule has 5 amide bonds. The number of amides is 5. The Kier molecular flexibility index (Phi) is 22.2. The number of rotatable bonds is 25. The Labute approximate surface area is 259 Å². The molecule has 0 aliphatic rings. The highest BCUT2D eigenvalue weighted by atomic mass is 16.2. The maximum absolute atomic E-state index is 13.5. The average Bonchev–Trinajstić information content (AvgIpc) is 2.93. The van der Waals surface area contributed by atoms with Gasteiger partial charge in [-0.25, -0.2) is 0 Å². The Bertz CT molecular complexity index is 837. The second kappa shape index (κ2) is 23.7. The first-order valence-electron chi connectivity index (χ1n) is 16.3. The molecule has 0 aromatic carbocycles. The van der Waals surface area contributed by atoms with Crippen LogP contribution in [0.1, 0.15) is 118 Å². The van der Waals surface area contributed by atoms with E-state index in [1.54, 1.807) is 13.8 Å². The molecule has 0 heterocycles. The molecule has 0 aliphatic heterocycles. The van der Waals surface area contributed by atoms with Gasteiger partial charge >= 0.3 is 0 Å². The maximum Gasteiger partial charge on any atom is 0.243 e. The first-order chi connectivity index (χ1) is 20.4.